The van der Waals surface area contributed by atoms with E-state index in [9.17, 15) is 4.79 Å². The summed E-state index contributed by atoms with van der Waals surface area (Å²) in [4.78, 5) is 19.0. The molecule has 0 aliphatic carbocycles. The van der Waals surface area contributed by atoms with E-state index in [0.717, 1.165) is 37.2 Å². The fraction of sp³-hybridized carbons (Fsp3) is 0.400. The van der Waals surface area contributed by atoms with Crippen LogP contribution in [0.4, 0.5) is 0 Å². The van der Waals surface area contributed by atoms with Crippen molar-refractivity contribution in [1.82, 2.24) is 15.0 Å². The van der Waals surface area contributed by atoms with Gasteiger partial charge in [-0.2, -0.15) is 4.98 Å². The lowest BCUT2D eigenvalue weighted by molar-refractivity contribution is -0.127. The Bertz CT molecular complexity index is 1010. The van der Waals surface area contributed by atoms with E-state index in [1.54, 1.807) is 0 Å². The van der Waals surface area contributed by atoms with Crippen molar-refractivity contribution in [3.8, 4) is 17.2 Å². The molecule has 0 N–H and O–H groups in total. The zero-order valence-electron chi connectivity index (χ0n) is 18.2. The largest absolute Gasteiger partial charge is 0.494 e. The fourth-order valence-corrected chi connectivity index (χ4v) is 3.84. The van der Waals surface area contributed by atoms with Crippen molar-refractivity contribution in [2.75, 3.05) is 19.7 Å². The van der Waals surface area contributed by atoms with E-state index in [2.05, 4.69) is 48.3 Å². The van der Waals surface area contributed by atoms with Gasteiger partial charge in [0.25, 0.3) is 5.89 Å². The number of ether oxygens (including phenoxy) is 1. The number of amides is 1. The molecule has 162 valence electrons. The third-order valence-corrected chi connectivity index (χ3v) is 5.64. The van der Waals surface area contributed by atoms with Crippen LogP contribution in [-0.4, -0.2) is 40.6 Å². The molecule has 1 saturated heterocycles. The average molecular weight is 420 g/mol. The number of aromatic nitrogens is 2. The topological polar surface area (TPSA) is 68.5 Å². The molecule has 1 unspecified atom stereocenters. The molecule has 1 fully saturated rings. The van der Waals surface area contributed by atoms with Crippen molar-refractivity contribution >= 4 is 5.91 Å². The summed E-state index contributed by atoms with van der Waals surface area (Å²) in [6.45, 7) is 6.29. The molecule has 0 bridgehead atoms. The van der Waals surface area contributed by atoms with Crippen molar-refractivity contribution in [3.05, 3.63) is 65.5 Å². The minimum absolute atomic E-state index is 0.0286. The van der Waals surface area contributed by atoms with Crippen LogP contribution in [0, 0.1) is 6.92 Å². The Morgan fingerprint density at radius 3 is 2.81 bits per heavy atom. The smallest absolute Gasteiger partial charge is 0.257 e. The summed E-state index contributed by atoms with van der Waals surface area (Å²) < 4.78 is 11.2. The van der Waals surface area contributed by atoms with Gasteiger partial charge in [0.1, 0.15) is 5.75 Å². The van der Waals surface area contributed by atoms with E-state index >= 15 is 0 Å². The number of benzene rings is 2. The van der Waals surface area contributed by atoms with E-state index in [0.29, 0.717) is 31.2 Å². The van der Waals surface area contributed by atoms with Crippen LogP contribution in [0.25, 0.3) is 11.5 Å². The van der Waals surface area contributed by atoms with Crippen LogP contribution in [0.2, 0.25) is 0 Å². The lowest BCUT2D eigenvalue weighted by Crippen LogP contribution is -2.27. The molecule has 4 rings (SSSR count). The summed E-state index contributed by atoms with van der Waals surface area (Å²) in [5.41, 5.74) is 3.34. The molecule has 0 saturated carbocycles. The van der Waals surface area contributed by atoms with E-state index < -0.39 is 0 Å². The van der Waals surface area contributed by atoms with Crippen LogP contribution in [0.1, 0.15) is 49.1 Å². The first-order valence-electron chi connectivity index (χ1n) is 11.0. The van der Waals surface area contributed by atoms with Gasteiger partial charge in [0, 0.05) is 31.0 Å². The highest BCUT2D eigenvalue weighted by atomic mass is 16.5. The maximum Gasteiger partial charge on any atom is 0.257 e. The number of hydrogen-bond acceptors (Lipinski definition) is 5. The Labute approximate surface area is 183 Å². The van der Waals surface area contributed by atoms with Crippen molar-refractivity contribution in [2.45, 2.75) is 45.4 Å². The minimum atomic E-state index is -0.0286. The molecule has 1 aromatic heterocycles. The number of hydrogen-bond donors (Lipinski definition) is 0. The second-order valence-electron chi connectivity index (χ2n) is 8.16. The molecule has 1 atom stereocenters. The van der Waals surface area contributed by atoms with Crippen molar-refractivity contribution in [2.24, 2.45) is 0 Å². The van der Waals surface area contributed by atoms with E-state index in [4.69, 9.17) is 9.26 Å². The second kappa shape index (κ2) is 9.77. The molecule has 3 aromatic rings. The van der Waals surface area contributed by atoms with Crippen LogP contribution >= 0.6 is 0 Å². The Kier molecular flexibility index (Phi) is 6.65. The summed E-state index contributed by atoms with van der Waals surface area (Å²) in [6.07, 6.45) is 3.42. The molecule has 6 nitrogen and oxygen atoms in total. The Morgan fingerprint density at radius 2 is 2.03 bits per heavy atom. The van der Waals surface area contributed by atoms with Gasteiger partial charge in [0.15, 0.2) is 5.82 Å². The number of carbonyl (C=O) groups excluding carboxylic acids is 1. The molecule has 31 heavy (non-hydrogen) atoms. The van der Waals surface area contributed by atoms with Gasteiger partial charge in [0.2, 0.25) is 5.91 Å². The molecule has 2 heterocycles. The highest BCUT2D eigenvalue weighted by Crippen LogP contribution is 2.29. The number of nitrogens with zero attached hydrogens (tertiary/aromatic N) is 3. The van der Waals surface area contributed by atoms with Crippen LogP contribution in [-0.2, 0) is 11.2 Å². The van der Waals surface area contributed by atoms with Gasteiger partial charge in [0.05, 0.1) is 6.61 Å². The van der Waals surface area contributed by atoms with Crippen LogP contribution in [0.3, 0.4) is 0 Å². The van der Waals surface area contributed by atoms with Gasteiger partial charge in [-0.25, -0.2) is 0 Å². The minimum Gasteiger partial charge on any atom is -0.494 e. The van der Waals surface area contributed by atoms with Gasteiger partial charge in [-0.3, -0.25) is 4.79 Å². The maximum absolute atomic E-state index is 12.5. The molecule has 1 amide bonds. The lowest BCUT2D eigenvalue weighted by atomic mass is 10.1. The highest BCUT2D eigenvalue weighted by molar-refractivity contribution is 5.79. The summed E-state index contributed by atoms with van der Waals surface area (Å²) in [6, 6.07) is 16.1. The summed E-state index contributed by atoms with van der Waals surface area (Å²) in [5.74, 6) is 2.03. The fourth-order valence-electron chi connectivity index (χ4n) is 3.84. The Balaban J connectivity index is 1.35. The monoisotopic (exact) mass is 419 g/mol. The number of rotatable bonds is 9. The van der Waals surface area contributed by atoms with Crippen LogP contribution in [0.5, 0.6) is 5.75 Å². The second-order valence-corrected chi connectivity index (χ2v) is 8.16. The normalized spacial score (nSPS) is 16.1. The molecule has 1 aliphatic heterocycles. The Morgan fingerprint density at radius 1 is 1.19 bits per heavy atom. The molecule has 0 spiro atoms. The van der Waals surface area contributed by atoms with Gasteiger partial charge in [-0.15, -0.1) is 0 Å². The van der Waals surface area contributed by atoms with E-state index in [-0.39, 0.29) is 11.8 Å². The van der Waals surface area contributed by atoms with Gasteiger partial charge >= 0.3 is 0 Å². The van der Waals surface area contributed by atoms with E-state index in [1.165, 1.54) is 11.1 Å². The molecule has 0 radical (unpaired) electrons. The first-order chi connectivity index (χ1) is 15.1. The molecule has 2 aromatic carbocycles. The molecule has 1 aliphatic rings. The standard InChI is InChI=1S/C25H29N3O3/c1-3-4-14-30-22-10-8-20(9-11-22)25-26-24(27-31-25)21-16-23(29)28(17-21)13-12-19-7-5-6-18(2)15-19/h5-11,15,21H,3-4,12-14,16-17H2,1-2H3. The van der Waals surface area contributed by atoms with Crippen LogP contribution < -0.4 is 4.74 Å². The first-order valence-corrected chi connectivity index (χ1v) is 11.0. The number of unbranched alkanes of at least 4 members (excludes halogenated alkanes) is 1. The number of carbonyl (C=O) groups is 1. The summed E-state index contributed by atoms with van der Waals surface area (Å²) in [7, 11) is 0. The van der Waals surface area contributed by atoms with Crippen molar-refractivity contribution in [1.29, 1.82) is 0 Å². The summed E-state index contributed by atoms with van der Waals surface area (Å²) in [5, 5.41) is 4.16. The van der Waals surface area contributed by atoms with Gasteiger partial charge in [-0.05, 0) is 49.6 Å². The molecule has 6 heteroatoms. The average Bonchev–Trinajstić information content (AvgIpc) is 3.40. The third kappa shape index (κ3) is 5.32. The third-order valence-electron chi connectivity index (χ3n) is 5.64. The molecular formula is C25H29N3O3. The summed E-state index contributed by atoms with van der Waals surface area (Å²) >= 11 is 0. The zero-order chi connectivity index (χ0) is 21.6. The van der Waals surface area contributed by atoms with Gasteiger partial charge in [-0.1, -0.05) is 48.3 Å². The van der Waals surface area contributed by atoms with Crippen molar-refractivity contribution < 1.29 is 14.1 Å². The van der Waals surface area contributed by atoms with Crippen LogP contribution in [0.15, 0.2) is 53.1 Å². The Hall–Kier alpha value is -3.15. The van der Waals surface area contributed by atoms with Gasteiger partial charge < -0.3 is 14.2 Å². The van der Waals surface area contributed by atoms with Crippen molar-refractivity contribution in [3.63, 3.8) is 0 Å². The predicted octanol–water partition coefficient (Wildman–Crippen LogP) is 4.78. The number of likely N-dealkylation sites (tertiary alicyclic amines) is 1. The maximum atomic E-state index is 12.5. The quantitative estimate of drug-likeness (QED) is 0.467. The number of aryl methyl sites for hydroxylation is 1. The SMILES string of the molecule is CCCCOc1ccc(-c2nc(C3CC(=O)N(CCc4cccc(C)c4)C3)no2)cc1. The predicted molar refractivity (Wildman–Crippen MR) is 119 cm³/mol. The lowest BCUT2D eigenvalue weighted by Gasteiger charge is -2.16. The zero-order valence-corrected chi connectivity index (χ0v) is 18.2. The molecular weight excluding hydrogens is 390 g/mol. The highest BCUT2D eigenvalue weighted by Gasteiger charge is 2.33. The van der Waals surface area contributed by atoms with E-state index in [1.807, 2.05) is 29.2 Å². The first kappa shape index (κ1) is 21.1.